The number of aryl methyl sites for hydroxylation is 1. The van der Waals surface area contributed by atoms with Crippen molar-refractivity contribution in [1.29, 1.82) is 0 Å². The second-order valence-corrected chi connectivity index (χ2v) is 6.00. The molecule has 0 bridgehead atoms. The van der Waals surface area contributed by atoms with E-state index in [0.717, 1.165) is 26.9 Å². The summed E-state index contributed by atoms with van der Waals surface area (Å²) >= 11 is 9.28. The van der Waals surface area contributed by atoms with Gasteiger partial charge < -0.3 is 10.1 Å². The zero-order valence-electron chi connectivity index (χ0n) is 12.0. The molecular weight excluding hydrogens is 357 g/mol. The molecule has 0 saturated carbocycles. The highest BCUT2D eigenvalue weighted by Gasteiger charge is 2.19. The molecule has 2 rings (SSSR count). The van der Waals surface area contributed by atoms with Crippen LogP contribution in [-0.4, -0.2) is 14.2 Å². The zero-order valence-corrected chi connectivity index (χ0v) is 14.3. The Morgan fingerprint density at radius 3 is 2.57 bits per heavy atom. The number of nitrogens with one attached hydrogen (secondary N) is 1. The van der Waals surface area contributed by atoms with Gasteiger partial charge >= 0.3 is 0 Å². The lowest BCUT2D eigenvalue weighted by Gasteiger charge is -2.21. The molecule has 0 spiro atoms. The normalized spacial score (nSPS) is 12.3. The number of rotatable bonds is 4. The fourth-order valence-electron chi connectivity index (χ4n) is 2.27. The van der Waals surface area contributed by atoms with Gasteiger partial charge in [-0.15, -0.1) is 0 Å². The first-order valence-corrected chi connectivity index (χ1v) is 7.61. The van der Waals surface area contributed by atoms with E-state index in [1.54, 1.807) is 19.2 Å². The summed E-state index contributed by atoms with van der Waals surface area (Å²) < 4.78 is 20.2. The average Bonchev–Trinajstić information content (AvgIpc) is 2.46. The number of benzene rings is 2. The predicted octanol–water partition coefficient (Wildman–Crippen LogP) is 4.87. The first-order chi connectivity index (χ1) is 9.97. The van der Waals surface area contributed by atoms with E-state index in [-0.39, 0.29) is 11.1 Å². The second-order valence-electron chi connectivity index (χ2n) is 4.74. The van der Waals surface area contributed by atoms with Gasteiger partial charge in [0.2, 0.25) is 0 Å². The lowest BCUT2D eigenvalue weighted by molar-refractivity contribution is 0.405. The van der Waals surface area contributed by atoms with Gasteiger partial charge in [-0.2, -0.15) is 0 Å². The smallest absolute Gasteiger partial charge is 0.142 e. The minimum atomic E-state index is -0.431. The van der Waals surface area contributed by atoms with E-state index < -0.39 is 5.82 Å². The van der Waals surface area contributed by atoms with Gasteiger partial charge in [-0.25, -0.2) is 4.39 Å². The Labute approximate surface area is 137 Å². The van der Waals surface area contributed by atoms with Crippen molar-refractivity contribution in [2.75, 3.05) is 14.2 Å². The van der Waals surface area contributed by atoms with E-state index in [1.807, 2.05) is 26.1 Å². The van der Waals surface area contributed by atoms with Gasteiger partial charge in [-0.05, 0) is 49.4 Å². The fourth-order valence-corrected chi connectivity index (χ4v) is 2.75. The molecule has 0 radical (unpaired) electrons. The number of hydrogen-bond acceptors (Lipinski definition) is 2. The van der Waals surface area contributed by atoms with Crippen molar-refractivity contribution in [3.63, 3.8) is 0 Å². The third-order valence-electron chi connectivity index (χ3n) is 3.39. The molecule has 0 aliphatic rings. The van der Waals surface area contributed by atoms with Crippen molar-refractivity contribution in [3.05, 3.63) is 62.3 Å². The Hall–Kier alpha value is -1.10. The molecule has 21 heavy (non-hydrogen) atoms. The Morgan fingerprint density at radius 2 is 2.00 bits per heavy atom. The van der Waals surface area contributed by atoms with Crippen LogP contribution in [0.4, 0.5) is 4.39 Å². The maximum atomic E-state index is 13.7. The van der Waals surface area contributed by atoms with E-state index in [0.29, 0.717) is 0 Å². The highest BCUT2D eigenvalue weighted by Crippen LogP contribution is 2.35. The van der Waals surface area contributed by atoms with Crippen LogP contribution in [0.5, 0.6) is 5.75 Å². The van der Waals surface area contributed by atoms with E-state index in [9.17, 15) is 4.39 Å². The third-order valence-corrected chi connectivity index (χ3v) is 4.55. The minimum absolute atomic E-state index is 0.116. The molecule has 0 saturated heterocycles. The van der Waals surface area contributed by atoms with E-state index in [1.165, 1.54) is 6.07 Å². The van der Waals surface area contributed by atoms with E-state index in [2.05, 4.69) is 21.2 Å². The molecule has 0 aliphatic carbocycles. The van der Waals surface area contributed by atoms with Gasteiger partial charge in [-0.3, -0.25) is 0 Å². The van der Waals surface area contributed by atoms with Crippen LogP contribution in [0.15, 0.2) is 34.8 Å². The average molecular weight is 373 g/mol. The van der Waals surface area contributed by atoms with Crippen LogP contribution in [0.2, 0.25) is 5.02 Å². The van der Waals surface area contributed by atoms with Crippen LogP contribution < -0.4 is 10.1 Å². The van der Waals surface area contributed by atoms with Crippen molar-refractivity contribution in [2.45, 2.75) is 13.0 Å². The summed E-state index contributed by atoms with van der Waals surface area (Å²) in [7, 11) is 3.45. The first kappa shape index (κ1) is 16.3. The first-order valence-electron chi connectivity index (χ1n) is 6.44. The van der Waals surface area contributed by atoms with Crippen molar-refractivity contribution in [3.8, 4) is 5.75 Å². The largest absolute Gasteiger partial charge is 0.496 e. The molecule has 2 aromatic rings. The Morgan fingerprint density at radius 1 is 1.29 bits per heavy atom. The number of ether oxygens (including phenoxy) is 1. The third kappa shape index (κ3) is 3.39. The highest BCUT2D eigenvalue weighted by atomic mass is 79.9. The molecule has 0 heterocycles. The Kier molecular flexibility index (Phi) is 5.25. The van der Waals surface area contributed by atoms with Crippen molar-refractivity contribution < 1.29 is 9.13 Å². The lowest BCUT2D eigenvalue weighted by Crippen LogP contribution is -2.19. The van der Waals surface area contributed by atoms with Crippen molar-refractivity contribution >= 4 is 27.5 Å². The van der Waals surface area contributed by atoms with Gasteiger partial charge in [0.05, 0.1) is 18.2 Å². The molecule has 2 aromatic carbocycles. The summed E-state index contributed by atoms with van der Waals surface area (Å²) in [6.07, 6.45) is 0. The fraction of sp³-hybridized carbons (Fsp3) is 0.250. The number of hydrogen-bond donors (Lipinski definition) is 1. The van der Waals surface area contributed by atoms with Gasteiger partial charge in [0.25, 0.3) is 0 Å². The number of methoxy groups -OCH3 is 1. The summed E-state index contributed by atoms with van der Waals surface area (Å²) in [5.74, 6) is 0.324. The molecule has 2 nitrogen and oxygen atoms in total. The molecule has 5 heteroatoms. The van der Waals surface area contributed by atoms with Crippen LogP contribution in [0.3, 0.4) is 0 Å². The van der Waals surface area contributed by atoms with Gasteiger partial charge in [0.1, 0.15) is 11.6 Å². The second kappa shape index (κ2) is 6.77. The zero-order chi connectivity index (χ0) is 15.6. The maximum absolute atomic E-state index is 13.7. The highest BCUT2D eigenvalue weighted by molar-refractivity contribution is 9.10. The van der Waals surface area contributed by atoms with Crippen LogP contribution >= 0.6 is 27.5 Å². The minimum Gasteiger partial charge on any atom is -0.496 e. The van der Waals surface area contributed by atoms with Crippen LogP contribution in [0, 0.1) is 12.7 Å². The molecule has 1 unspecified atom stereocenters. The Balaban J connectivity index is 2.55. The summed E-state index contributed by atoms with van der Waals surface area (Å²) in [6.45, 7) is 1.99. The van der Waals surface area contributed by atoms with Crippen molar-refractivity contribution in [1.82, 2.24) is 5.32 Å². The van der Waals surface area contributed by atoms with Crippen molar-refractivity contribution in [2.24, 2.45) is 0 Å². The summed E-state index contributed by atoms with van der Waals surface area (Å²) in [5.41, 5.74) is 2.79. The molecule has 112 valence electrons. The quantitative estimate of drug-likeness (QED) is 0.827. The summed E-state index contributed by atoms with van der Waals surface area (Å²) in [4.78, 5) is 0. The monoisotopic (exact) mass is 371 g/mol. The molecule has 1 atom stereocenters. The van der Waals surface area contributed by atoms with Crippen LogP contribution in [0.25, 0.3) is 0 Å². The topological polar surface area (TPSA) is 21.3 Å². The molecule has 0 fully saturated rings. The number of halogens is 3. The van der Waals surface area contributed by atoms with Gasteiger partial charge in [0, 0.05) is 10.0 Å². The lowest BCUT2D eigenvalue weighted by atomic mass is 9.97. The summed E-state index contributed by atoms with van der Waals surface area (Å²) in [6, 6.07) is 8.56. The molecule has 0 aromatic heterocycles. The van der Waals surface area contributed by atoms with Crippen LogP contribution in [0.1, 0.15) is 22.7 Å². The van der Waals surface area contributed by atoms with E-state index >= 15 is 0 Å². The summed E-state index contributed by atoms with van der Waals surface area (Å²) in [5, 5.41) is 3.31. The molecule has 1 N–H and O–H groups in total. The van der Waals surface area contributed by atoms with Gasteiger partial charge in [-0.1, -0.05) is 33.6 Å². The molecular formula is C16H16BrClFNO. The molecule has 0 amide bonds. The standard InChI is InChI=1S/C16H16BrClFNO/c1-9-6-15(21-3)11(8-12(9)17)16(20-2)10-4-5-13(18)14(19)7-10/h4-8,16,20H,1-3H3. The maximum Gasteiger partial charge on any atom is 0.142 e. The van der Waals surface area contributed by atoms with E-state index in [4.69, 9.17) is 16.3 Å². The predicted molar refractivity (Wildman–Crippen MR) is 87.7 cm³/mol. The Bertz CT molecular complexity index is 663. The van der Waals surface area contributed by atoms with Gasteiger partial charge in [0.15, 0.2) is 0 Å². The molecule has 0 aliphatic heterocycles. The van der Waals surface area contributed by atoms with Crippen LogP contribution in [-0.2, 0) is 0 Å². The SMILES string of the molecule is CNC(c1ccc(Cl)c(F)c1)c1cc(Br)c(C)cc1OC.